The quantitative estimate of drug-likeness (QED) is 0.423. The van der Waals surface area contributed by atoms with Gasteiger partial charge in [-0.05, 0) is 5.41 Å². The summed E-state index contributed by atoms with van der Waals surface area (Å²) in [5.74, 6) is 0. The smallest absolute Gasteiger partial charge is 0.849 e. The van der Waals surface area contributed by atoms with Crippen molar-refractivity contribution in [2.45, 2.75) is 58.5 Å². The van der Waals surface area contributed by atoms with Crippen LogP contribution in [0.25, 0.3) is 0 Å². The molecular weight excluding hydrogens is 143 g/mol. The van der Waals surface area contributed by atoms with Gasteiger partial charge in [0.1, 0.15) is 0 Å². The molecule has 0 N–H and O–H groups in total. The number of rotatable bonds is 0. The zero-order valence-corrected chi connectivity index (χ0v) is 8.94. The second-order valence-corrected chi connectivity index (χ2v) is 4.80. The Morgan fingerprint density at radius 1 is 1.00 bits per heavy atom. The van der Waals surface area contributed by atoms with Crippen molar-refractivity contribution >= 4 is 0 Å². The van der Waals surface area contributed by atoms with Gasteiger partial charge in [-0.3, -0.25) is 0 Å². The van der Waals surface area contributed by atoms with Crippen molar-refractivity contribution in [2.75, 3.05) is 0 Å². The maximum atomic E-state index is 12.1. The molecule has 0 saturated heterocycles. The van der Waals surface area contributed by atoms with Gasteiger partial charge < -0.3 is 5.11 Å². The average molecular weight is 162 g/mol. The molecule has 0 aromatic rings. The Morgan fingerprint density at radius 2 is 1.42 bits per heavy atom. The Hall–Kier alpha value is 0.557. The van der Waals surface area contributed by atoms with Crippen LogP contribution in [0.5, 0.6) is 0 Å². The second kappa shape index (κ2) is 4.18. The minimum atomic E-state index is -0.634. The van der Waals surface area contributed by atoms with Crippen LogP contribution in [0, 0.1) is 5.41 Å². The average Bonchev–Trinajstić information content (AvgIpc) is 1.87. The molecule has 0 aliphatic heterocycles. The summed E-state index contributed by atoms with van der Waals surface area (Å²) in [5.41, 5.74) is -0.682. The topological polar surface area (TPSA) is 23.1 Å². The third-order valence-corrected chi connectivity index (χ3v) is 3.03. The molecule has 1 aliphatic carbocycles. The first-order chi connectivity index (χ1) is 4.96. The van der Waals surface area contributed by atoms with E-state index in [0.29, 0.717) is 0 Å². The third-order valence-electron chi connectivity index (χ3n) is 3.03. The van der Waals surface area contributed by atoms with Crippen LogP contribution in [0.1, 0.15) is 52.9 Å². The molecule has 2 heteroatoms. The summed E-state index contributed by atoms with van der Waals surface area (Å²) >= 11 is 0. The maximum absolute atomic E-state index is 12.1. The van der Waals surface area contributed by atoms with Gasteiger partial charge in [0, 0.05) is 0 Å². The van der Waals surface area contributed by atoms with Crippen molar-refractivity contribution in [1.82, 2.24) is 0 Å². The Kier molecular flexibility index (Phi) is 4.37. The minimum Gasteiger partial charge on any atom is -0.849 e. The second-order valence-electron chi connectivity index (χ2n) is 4.80. The fourth-order valence-corrected chi connectivity index (χ4v) is 1.87. The molecule has 1 saturated carbocycles. The maximum Gasteiger partial charge on any atom is 1.00 e. The zero-order chi connectivity index (χ0) is 8.54. The van der Waals surface area contributed by atoms with Crippen LogP contribution < -0.4 is 24.0 Å². The first-order valence-electron chi connectivity index (χ1n) is 4.66. The molecule has 1 fully saturated rings. The summed E-state index contributed by atoms with van der Waals surface area (Å²) in [6, 6.07) is 0. The first kappa shape index (κ1) is 12.6. The molecule has 1 nitrogen and oxygen atoms in total. The van der Waals surface area contributed by atoms with Gasteiger partial charge >= 0.3 is 18.9 Å². The van der Waals surface area contributed by atoms with E-state index in [1.165, 1.54) is 6.42 Å². The Balaban J connectivity index is 0.00000121. The van der Waals surface area contributed by atoms with Gasteiger partial charge in [-0.15, -0.1) is 5.60 Å². The fourth-order valence-electron chi connectivity index (χ4n) is 1.87. The summed E-state index contributed by atoms with van der Waals surface area (Å²) < 4.78 is 0. The Bertz CT molecular complexity index is 131. The van der Waals surface area contributed by atoms with Gasteiger partial charge in [-0.25, -0.2) is 0 Å². The predicted octanol–water partition coefficient (Wildman–Crippen LogP) is -0.900. The van der Waals surface area contributed by atoms with Crippen LogP contribution >= 0.6 is 0 Å². The van der Waals surface area contributed by atoms with Gasteiger partial charge in [-0.1, -0.05) is 52.9 Å². The predicted molar refractivity (Wildman–Crippen MR) is 45.3 cm³/mol. The van der Waals surface area contributed by atoms with Crippen LogP contribution in [0.4, 0.5) is 0 Å². The summed E-state index contributed by atoms with van der Waals surface area (Å²) in [6.45, 7) is 6.22. The van der Waals surface area contributed by atoms with Crippen LogP contribution in [0.2, 0.25) is 0 Å². The molecule has 0 aromatic heterocycles. The van der Waals surface area contributed by atoms with Crippen LogP contribution in [-0.2, 0) is 0 Å². The van der Waals surface area contributed by atoms with E-state index in [0.717, 1.165) is 25.7 Å². The number of hydrogen-bond acceptors (Lipinski definition) is 1. The molecule has 1 aliphatic rings. The van der Waals surface area contributed by atoms with Crippen molar-refractivity contribution in [2.24, 2.45) is 5.41 Å². The van der Waals surface area contributed by atoms with Crippen molar-refractivity contribution in [1.29, 1.82) is 0 Å². The summed E-state index contributed by atoms with van der Waals surface area (Å²) in [6.07, 6.45) is 5.31. The van der Waals surface area contributed by atoms with Crippen molar-refractivity contribution < 1.29 is 24.0 Å². The molecule has 12 heavy (non-hydrogen) atoms. The van der Waals surface area contributed by atoms with Gasteiger partial charge in [0.25, 0.3) is 0 Å². The molecule has 0 bridgehead atoms. The van der Waals surface area contributed by atoms with Crippen LogP contribution in [0.3, 0.4) is 0 Å². The van der Waals surface area contributed by atoms with E-state index in [2.05, 4.69) is 20.8 Å². The Labute approximate surface area is 88.1 Å². The molecule has 0 atom stereocenters. The van der Waals surface area contributed by atoms with E-state index in [1.807, 2.05) is 0 Å². The summed E-state index contributed by atoms with van der Waals surface area (Å²) in [7, 11) is 0. The van der Waals surface area contributed by atoms with E-state index in [9.17, 15) is 5.11 Å². The molecule has 1 rings (SSSR count). The van der Waals surface area contributed by atoms with Crippen molar-refractivity contribution in [3.63, 3.8) is 0 Å². The van der Waals surface area contributed by atoms with Gasteiger partial charge in [0.2, 0.25) is 0 Å². The minimum absolute atomic E-state index is 0. The van der Waals surface area contributed by atoms with Crippen molar-refractivity contribution in [3.05, 3.63) is 0 Å². The molecular formula is C10H19LiO. The Morgan fingerprint density at radius 3 is 1.67 bits per heavy atom. The van der Waals surface area contributed by atoms with E-state index >= 15 is 0 Å². The summed E-state index contributed by atoms with van der Waals surface area (Å²) in [5, 5.41) is 12.1. The first-order valence-corrected chi connectivity index (χ1v) is 4.66. The van der Waals surface area contributed by atoms with E-state index in [4.69, 9.17) is 0 Å². The third kappa shape index (κ3) is 2.52. The fraction of sp³-hybridized carbons (Fsp3) is 1.00. The molecule has 0 heterocycles. The summed E-state index contributed by atoms with van der Waals surface area (Å²) in [4.78, 5) is 0. The van der Waals surface area contributed by atoms with E-state index in [1.54, 1.807) is 0 Å². The SMILES string of the molecule is CC(C)(C)C1([O-])CCCCC1.[Li+]. The van der Waals surface area contributed by atoms with Gasteiger partial charge in [0.15, 0.2) is 0 Å². The standard InChI is InChI=1S/C10H19O.Li/c1-9(2,3)10(11)7-5-4-6-8-10;/h4-8H2,1-3H3;/q-1;+1. The van der Waals surface area contributed by atoms with Crippen molar-refractivity contribution in [3.8, 4) is 0 Å². The van der Waals surface area contributed by atoms with E-state index < -0.39 is 5.60 Å². The van der Waals surface area contributed by atoms with E-state index in [-0.39, 0.29) is 24.3 Å². The van der Waals surface area contributed by atoms with Crippen LogP contribution in [-0.4, -0.2) is 5.60 Å². The van der Waals surface area contributed by atoms with Gasteiger partial charge in [0.05, 0.1) is 0 Å². The monoisotopic (exact) mass is 162 g/mol. The van der Waals surface area contributed by atoms with Crippen LogP contribution in [0.15, 0.2) is 0 Å². The molecule has 0 aromatic carbocycles. The largest absolute Gasteiger partial charge is 1.00 e. The molecule has 0 unspecified atom stereocenters. The molecule has 66 valence electrons. The normalized spacial score (nSPS) is 23.0. The zero-order valence-electron chi connectivity index (χ0n) is 8.94. The van der Waals surface area contributed by atoms with Gasteiger partial charge in [-0.2, -0.15) is 0 Å². The molecule has 0 amide bonds. The number of hydrogen-bond donors (Lipinski definition) is 0. The molecule has 0 radical (unpaired) electrons. The molecule has 0 spiro atoms.